The van der Waals surface area contributed by atoms with Gasteiger partial charge in [-0.05, 0) is 22.9 Å². The summed E-state index contributed by atoms with van der Waals surface area (Å²) >= 11 is 1.23. The van der Waals surface area contributed by atoms with E-state index in [1.807, 2.05) is 42.5 Å². The van der Waals surface area contributed by atoms with Gasteiger partial charge in [0.15, 0.2) is 5.13 Å². The van der Waals surface area contributed by atoms with E-state index in [4.69, 9.17) is 0 Å². The van der Waals surface area contributed by atoms with E-state index in [2.05, 4.69) is 10.3 Å². The number of nitrogens with one attached hydrogen (secondary N) is 1. The predicted molar refractivity (Wildman–Crippen MR) is 93.1 cm³/mol. The Morgan fingerprint density at radius 1 is 1.13 bits per heavy atom. The molecule has 0 saturated heterocycles. The summed E-state index contributed by atoms with van der Waals surface area (Å²) in [5, 5.41) is 6.84. The SMILES string of the molecule is CC(=O)Nc1nc(C(=O)N(C)c2ccc3ccccc3c2)cs1. The van der Waals surface area contributed by atoms with Crippen LogP contribution in [0.25, 0.3) is 10.8 Å². The van der Waals surface area contributed by atoms with E-state index in [1.54, 1.807) is 17.3 Å². The zero-order valence-corrected chi connectivity index (χ0v) is 13.6. The van der Waals surface area contributed by atoms with E-state index in [1.165, 1.54) is 18.3 Å². The molecular weight excluding hydrogens is 310 g/mol. The van der Waals surface area contributed by atoms with Gasteiger partial charge in [0, 0.05) is 25.0 Å². The summed E-state index contributed by atoms with van der Waals surface area (Å²) < 4.78 is 0. The van der Waals surface area contributed by atoms with Crippen LogP contribution in [0.15, 0.2) is 47.8 Å². The minimum atomic E-state index is -0.215. The van der Waals surface area contributed by atoms with E-state index in [-0.39, 0.29) is 11.8 Å². The van der Waals surface area contributed by atoms with Crippen molar-refractivity contribution >= 4 is 44.7 Å². The second kappa shape index (κ2) is 6.18. The van der Waals surface area contributed by atoms with E-state index in [0.29, 0.717) is 10.8 Å². The van der Waals surface area contributed by atoms with Crippen molar-refractivity contribution in [2.24, 2.45) is 0 Å². The van der Waals surface area contributed by atoms with Gasteiger partial charge in [-0.1, -0.05) is 30.3 Å². The molecule has 2 aromatic carbocycles. The van der Waals surface area contributed by atoms with Crippen LogP contribution in [-0.2, 0) is 4.79 Å². The minimum absolute atomic E-state index is 0.207. The Labute approximate surface area is 137 Å². The Bertz CT molecular complexity index is 888. The molecule has 0 bridgehead atoms. The van der Waals surface area contributed by atoms with Crippen LogP contribution in [0.3, 0.4) is 0 Å². The van der Waals surface area contributed by atoms with Gasteiger partial charge < -0.3 is 10.2 Å². The topological polar surface area (TPSA) is 62.3 Å². The normalized spacial score (nSPS) is 10.5. The molecule has 116 valence electrons. The van der Waals surface area contributed by atoms with Gasteiger partial charge in [0.25, 0.3) is 5.91 Å². The number of fused-ring (bicyclic) bond motifs is 1. The average Bonchev–Trinajstić information content (AvgIpc) is 3.00. The molecule has 0 aliphatic heterocycles. The fraction of sp³-hybridized carbons (Fsp3) is 0.118. The number of amides is 2. The lowest BCUT2D eigenvalue weighted by atomic mass is 10.1. The molecule has 3 rings (SSSR count). The van der Waals surface area contributed by atoms with Crippen LogP contribution < -0.4 is 10.2 Å². The first-order chi connectivity index (χ1) is 11.0. The summed E-state index contributed by atoms with van der Waals surface area (Å²) in [4.78, 5) is 29.3. The summed E-state index contributed by atoms with van der Waals surface area (Å²) in [6, 6.07) is 13.8. The zero-order chi connectivity index (χ0) is 16.4. The summed E-state index contributed by atoms with van der Waals surface area (Å²) in [5.41, 5.74) is 1.11. The number of hydrogen-bond acceptors (Lipinski definition) is 4. The second-order valence-electron chi connectivity index (χ2n) is 5.11. The Balaban J connectivity index is 1.85. The summed E-state index contributed by atoms with van der Waals surface area (Å²) in [6.07, 6.45) is 0. The third-order valence-corrected chi connectivity index (χ3v) is 4.19. The van der Waals surface area contributed by atoms with E-state index < -0.39 is 0 Å². The lowest BCUT2D eigenvalue weighted by Crippen LogP contribution is -2.26. The van der Waals surface area contributed by atoms with Gasteiger partial charge in [-0.2, -0.15) is 0 Å². The van der Waals surface area contributed by atoms with Gasteiger partial charge in [0.05, 0.1) is 0 Å². The van der Waals surface area contributed by atoms with E-state index in [0.717, 1.165) is 16.5 Å². The van der Waals surface area contributed by atoms with Gasteiger partial charge in [-0.3, -0.25) is 9.59 Å². The van der Waals surface area contributed by atoms with Gasteiger partial charge in [0.2, 0.25) is 5.91 Å². The van der Waals surface area contributed by atoms with Gasteiger partial charge in [-0.25, -0.2) is 4.98 Å². The number of rotatable bonds is 3. The van der Waals surface area contributed by atoms with Crippen molar-refractivity contribution in [3.05, 3.63) is 53.5 Å². The van der Waals surface area contributed by atoms with Crippen molar-refractivity contribution in [3.8, 4) is 0 Å². The highest BCUT2D eigenvalue weighted by Gasteiger charge is 2.17. The molecule has 0 saturated carbocycles. The molecule has 1 heterocycles. The van der Waals surface area contributed by atoms with Crippen molar-refractivity contribution in [1.82, 2.24) is 4.98 Å². The maximum atomic E-state index is 12.5. The quantitative estimate of drug-likeness (QED) is 0.801. The van der Waals surface area contributed by atoms with Crippen LogP contribution in [0.2, 0.25) is 0 Å². The molecule has 1 aromatic heterocycles. The average molecular weight is 325 g/mol. The molecule has 2 amide bonds. The maximum absolute atomic E-state index is 12.5. The van der Waals surface area contributed by atoms with Crippen molar-refractivity contribution in [3.63, 3.8) is 0 Å². The Hall–Kier alpha value is -2.73. The Kier molecular flexibility index (Phi) is 4.08. The first-order valence-electron chi connectivity index (χ1n) is 7.04. The van der Waals surface area contributed by atoms with Gasteiger partial charge in [0.1, 0.15) is 5.69 Å². The number of hydrogen-bond donors (Lipinski definition) is 1. The van der Waals surface area contributed by atoms with Crippen LogP contribution >= 0.6 is 11.3 Å². The Morgan fingerprint density at radius 3 is 2.61 bits per heavy atom. The molecule has 0 unspecified atom stereocenters. The van der Waals surface area contributed by atoms with Crippen molar-refractivity contribution in [2.75, 3.05) is 17.3 Å². The molecular formula is C17H15N3O2S. The smallest absolute Gasteiger partial charge is 0.277 e. The number of benzene rings is 2. The highest BCUT2D eigenvalue weighted by atomic mass is 32.1. The van der Waals surface area contributed by atoms with Crippen molar-refractivity contribution in [2.45, 2.75) is 6.92 Å². The molecule has 0 fully saturated rings. The molecule has 0 aliphatic rings. The van der Waals surface area contributed by atoms with Gasteiger partial charge in [-0.15, -0.1) is 11.3 Å². The summed E-state index contributed by atoms with van der Waals surface area (Å²) in [7, 11) is 1.71. The molecule has 0 spiro atoms. The van der Waals surface area contributed by atoms with Crippen LogP contribution in [0.1, 0.15) is 17.4 Å². The monoisotopic (exact) mass is 325 g/mol. The number of carbonyl (C=O) groups is 2. The number of carbonyl (C=O) groups excluding carboxylic acids is 2. The molecule has 6 heteroatoms. The Morgan fingerprint density at radius 2 is 1.87 bits per heavy atom. The molecule has 3 aromatic rings. The van der Waals surface area contributed by atoms with Gasteiger partial charge >= 0.3 is 0 Å². The fourth-order valence-corrected chi connectivity index (χ4v) is 2.98. The molecule has 0 atom stereocenters. The molecule has 0 radical (unpaired) electrons. The predicted octanol–water partition coefficient (Wildman–Crippen LogP) is 3.53. The number of thiazole rings is 1. The number of aromatic nitrogens is 1. The van der Waals surface area contributed by atoms with E-state index >= 15 is 0 Å². The molecule has 1 N–H and O–H groups in total. The van der Waals surface area contributed by atoms with Crippen LogP contribution in [-0.4, -0.2) is 23.8 Å². The standard InChI is InChI=1S/C17H15N3O2S/c1-11(21)18-17-19-15(10-23-17)16(22)20(2)14-8-7-12-5-3-4-6-13(12)9-14/h3-10H,1-2H3,(H,18,19,21). The third-order valence-electron chi connectivity index (χ3n) is 3.43. The number of nitrogens with zero attached hydrogens (tertiary/aromatic N) is 2. The van der Waals surface area contributed by atoms with Crippen LogP contribution in [0.5, 0.6) is 0 Å². The fourth-order valence-electron chi connectivity index (χ4n) is 2.25. The molecule has 0 aliphatic carbocycles. The molecule has 5 nitrogen and oxygen atoms in total. The third kappa shape index (κ3) is 3.22. The highest BCUT2D eigenvalue weighted by Crippen LogP contribution is 2.23. The highest BCUT2D eigenvalue weighted by molar-refractivity contribution is 7.14. The molecule has 23 heavy (non-hydrogen) atoms. The van der Waals surface area contributed by atoms with E-state index in [9.17, 15) is 9.59 Å². The minimum Gasteiger partial charge on any atom is -0.310 e. The second-order valence-corrected chi connectivity index (χ2v) is 5.97. The largest absolute Gasteiger partial charge is 0.310 e. The summed E-state index contributed by atoms with van der Waals surface area (Å²) in [6.45, 7) is 1.41. The lowest BCUT2D eigenvalue weighted by Gasteiger charge is -2.16. The summed E-state index contributed by atoms with van der Waals surface area (Å²) in [5.74, 6) is -0.422. The van der Waals surface area contributed by atoms with Crippen LogP contribution in [0.4, 0.5) is 10.8 Å². The first-order valence-corrected chi connectivity index (χ1v) is 7.92. The van der Waals surface area contributed by atoms with Crippen molar-refractivity contribution in [1.29, 1.82) is 0 Å². The maximum Gasteiger partial charge on any atom is 0.277 e. The van der Waals surface area contributed by atoms with Crippen molar-refractivity contribution < 1.29 is 9.59 Å². The first kappa shape index (κ1) is 15.2. The number of anilines is 2. The lowest BCUT2D eigenvalue weighted by molar-refractivity contribution is -0.114. The van der Waals surface area contributed by atoms with Crippen LogP contribution in [0, 0.1) is 0 Å². The zero-order valence-electron chi connectivity index (χ0n) is 12.7.